The minimum atomic E-state index is -0.195. The zero-order valence-electron chi connectivity index (χ0n) is 14.6. The van der Waals surface area contributed by atoms with Crippen LogP contribution < -0.4 is 20.5 Å². The highest BCUT2D eigenvalue weighted by Crippen LogP contribution is 2.26. The SMILES string of the molecule is CCOc1ccccc1OCCCC(=O)NCC(N)c1ccccc1. The molecule has 5 heteroatoms. The van der Waals surface area contributed by atoms with Crippen molar-refractivity contribution in [1.29, 1.82) is 0 Å². The van der Waals surface area contributed by atoms with Gasteiger partial charge in [-0.15, -0.1) is 0 Å². The molecule has 1 amide bonds. The van der Waals surface area contributed by atoms with Crippen molar-refractivity contribution in [3.8, 4) is 11.5 Å². The maximum absolute atomic E-state index is 11.9. The average molecular weight is 342 g/mol. The molecule has 0 saturated heterocycles. The minimum absolute atomic E-state index is 0.0203. The van der Waals surface area contributed by atoms with Crippen LogP contribution in [0.2, 0.25) is 0 Å². The van der Waals surface area contributed by atoms with Gasteiger partial charge in [0.15, 0.2) is 11.5 Å². The van der Waals surface area contributed by atoms with E-state index in [4.69, 9.17) is 15.2 Å². The van der Waals surface area contributed by atoms with Crippen LogP contribution in [0.1, 0.15) is 31.4 Å². The summed E-state index contributed by atoms with van der Waals surface area (Å²) in [6, 6.07) is 17.1. The second-order valence-corrected chi connectivity index (χ2v) is 5.65. The Morgan fingerprint density at radius 2 is 1.68 bits per heavy atom. The first kappa shape index (κ1) is 18.8. The van der Waals surface area contributed by atoms with Crippen molar-refractivity contribution in [2.45, 2.75) is 25.8 Å². The predicted octanol–water partition coefficient (Wildman–Crippen LogP) is 3.06. The zero-order chi connectivity index (χ0) is 17.9. The molecule has 5 nitrogen and oxygen atoms in total. The van der Waals surface area contributed by atoms with E-state index < -0.39 is 0 Å². The van der Waals surface area contributed by atoms with E-state index in [1.807, 2.05) is 61.5 Å². The summed E-state index contributed by atoms with van der Waals surface area (Å²) in [7, 11) is 0. The number of nitrogens with one attached hydrogen (secondary N) is 1. The third-order valence-electron chi connectivity index (χ3n) is 3.70. The molecule has 0 aliphatic carbocycles. The molecule has 2 rings (SSSR count). The molecule has 0 aliphatic heterocycles. The van der Waals surface area contributed by atoms with E-state index >= 15 is 0 Å². The number of hydrogen-bond donors (Lipinski definition) is 2. The zero-order valence-corrected chi connectivity index (χ0v) is 14.6. The Hall–Kier alpha value is -2.53. The molecular weight excluding hydrogens is 316 g/mol. The molecule has 25 heavy (non-hydrogen) atoms. The van der Waals surface area contributed by atoms with Gasteiger partial charge in [-0.05, 0) is 31.0 Å². The topological polar surface area (TPSA) is 73.6 Å². The molecule has 0 radical (unpaired) electrons. The fourth-order valence-corrected chi connectivity index (χ4v) is 2.39. The maximum atomic E-state index is 11.9. The van der Waals surface area contributed by atoms with Gasteiger partial charge in [0.1, 0.15) is 0 Å². The van der Waals surface area contributed by atoms with Crippen molar-refractivity contribution < 1.29 is 14.3 Å². The molecule has 0 fully saturated rings. The fourth-order valence-electron chi connectivity index (χ4n) is 2.39. The summed E-state index contributed by atoms with van der Waals surface area (Å²) >= 11 is 0. The van der Waals surface area contributed by atoms with Gasteiger partial charge >= 0.3 is 0 Å². The number of ether oxygens (including phenoxy) is 2. The lowest BCUT2D eigenvalue weighted by molar-refractivity contribution is -0.121. The van der Waals surface area contributed by atoms with Crippen molar-refractivity contribution in [1.82, 2.24) is 5.32 Å². The van der Waals surface area contributed by atoms with E-state index in [1.54, 1.807) is 0 Å². The van der Waals surface area contributed by atoms with Gasteiger partial charge in [-0.2, -0.15) is 0 Å². The second kappa shape index (κ2) is 10.4. The highest BCUT2D eigenvalue weighted by molar-refractivity contribution is 5.75. The van der Waals surface area contributed by atoms with Gasteiger partial charge in [0.05, 0.1) is 13.2 Å². The van der Waals surface area contributed by atoms with Crippen LogP contribution in [0.15, 0.2) is 54.6 Å². The molecule has 0 heterocycles. The summed E-state index contributed by atoms with van der Waals surface area (Å²) in [6.45, 7) is 3.41. The van der Waals surface area contributed by atoms with Crippen LogP contribution in [-0.2, 0) is 4.79 Å². The molecule has 2 aromatic rings. The number of hydrogen-bond acceptors (Lipinski definition) is 4. The molecule has 0 aliphatic rings. The first-order valence-electron chi connectivity index (χ1n) is 8.62. The van der Waals surface area contributed by atoms with Crippen molar-refractivity contribution in [3.63, 3.8) is 0 Å². The number of rotatable bonds is 10. The van der Waals surface area contributed by atoms with E-state index in [0.717, 1.165) is 11.3 Å². The van der Waals surface area contributed by atoms with Crippen molar-refractivity contribution in [2.24, 2.45) is 5.73 Å². The Morgan fingerprint density at radius 1 is 1.04 bits per heavy atom. The standard InChI is InChI=1S/C20H26N2O3/c1-2-24-18-11-6-7-12-19(18)25-14-8-13-20(23)22-15-17(21)16-9-4-3-5-10-16/h3-7,9-12,17H,2,8,13-15,21H2,1H3,(H,22,23). The van der Waals surface area contributed by atoms with Crippen LogP contribution in [0.3, 0.4) is 0 Å². The number of amides is 1. The average Bonchev–Trinajstić information content (AvgIpc) is 2.65. The van der Waals surface area contributed by atoms with Gasteiger partial charge < -0.3 is 20.5 Å². The second-order valence-electron chi connectivity index (χ2n) is 5.65. The smallest absolute Gasteiger partial charge is 0.220 e. The molecule has 1 unspecified atom stereocenters. The van der Waals surface area contributed by atoms with Crippen LogP contribution >= 0.6 is 0 Å². The molecule has 0 spiro atoms. The Kier molecular flexibility index (Phi) is 7.79. The minimum Gasteiger partial charge on any atom is -0.490 e. The van der Waals surface area contributed by atoms with Crippen LogP contribution in [-0.4, -0.2) is 25.7 Å². The first-order valence-corrected chi connectivity index (χ1v) is 8.62. The Labute approximate surface area is 149 Å². The third kappa shape index (κ3) is 6.47. The Bertz CT molecular complexity index is 646. The van der Waals surface area contributed by atoms with Gasteiger partial charge in [0.25, 0.3) is 0 Å². The lowest BCUT2D eigenvalue weighted by atomic mass is 10.1. The van der Waals surface area contributed by atoms with Gasteiger partial charge in [-0.25, -0.2) is 0 Å². The van der Waals surface area contributed by atoms with Crippen molar-refractivity contribution in [3.05, 3.63) is 60.2 Å². The van der Waals surface area contributed by atoms with Crippen LogP contribution in [0.5, 0.6) is 11.5 Å². The Balaban J connectivity index is 1.66. The van der Waals surface area contributed by atoms with E-state index in [2.05, 4.69) is 5.32 Å². The van der Waals surface area contributed by atoms with Gasteiger partial charge in [0.2, 0.25) is 5.91 Å². The molecule has 3 N–H and O–H groups in total. The predicted molar refractivity (Wildman–Crippen MR) is 98.7 cm³/mol. The number of para-hydroxylation sites is 2. The van der Waals surface area contributed by atoms with E-state index in [9.17, 15) is 4.79 Å². The summed E-state index contributed by atoms with van der Waals surface area (Å²) in [5.74, 6) is 1.41. The summed E-state index contributed by atoms with van der Waals surface area (Å²) in [6.07, 6.45) is 1.03. The fraction of sp³-hybridized carbons (Fsp3) is 0.350. The molecule has 0 saturated carbocycles. The van der Waals surface area contributed by atoms with Crippen molar-refractivity contribution >= 4 is 5.91 Å². The number of nitrogens with two attached hydrogens (primary N) is 1. The van der Waals surface area contributed by atoms with Gasteiger partial charge in [-0.1, -0.05) is 42.5 Å². The lowest BCUT2D eigenvalue weighted by Crippen LogP contribution is -2.31. The maximum Gasteiger partial charge on any atom is 0.220 e. The molecule has 0 bridgehead atoms. The Morgan fingerprint density at radius 3 is 2.36 bits per heavy atom. The number of carbonyl (C=O) groups excluding carboxylic acids is 1. The van der Waals surface area contributed by atoms with Crippen LogP contribution in [0, 0.1) is 0 Å². The third-order valence-corrected chi connectivity index (χ3v) is 3.70. The largest absolute Gasteiger partial charge is 0.490 e. The molecule has 134 valence electrons. The van der Waals surface area contributed by atoms with Crippen LogP contribution in [0.25, 0.3) is 0 Å². The summed E-state index contributed by atoms with van der Waals surface area (Å²) < 4.78 is 11.2. The highest BCUT2D eigenvalue weighted by Gasteiger charge is 2.08. The quantitative estimate of drug-likeness (QED) is 0.651. The highest BCUT2D eigenvalue weighted by atomic mass is 16.5. The first-order chi connectivity index (χ1) is 12.2. The molecule has 2 aromatic carbocycles. The molecule has 0 aromatic heterocycles. The normalized spacial score (nSPS) is 11.6. The van der Waals surface area contributed by atoms with E-state index in [-0.39, 0.29) is 11.9 Å². The van der Waals surface area contributed by atoms with Gasteiger partial charge in [0, 0.05) is 19.0 Å². The summed E-state index contributed by atoms with van der Waals surface area (Å²) in [4.78, 5) is 11.9. The van der Waals surface area contributed by atoms with Crippen LogP contribution in [0.4, 0.5) is 0 Å². The summed E-state index contributed by atoms with van der Waals surface area (Å²) in [5, 5.41) is 2.87. The molecule has 1 atom stereocenters. The van der Waals surface area contributed by atoms with E-state index in [1.165, 1.54) is 0 Å². The van der Waals surface area contributed by atoms with Gasteiger partial charge in [-0.3, -0.25) is 4.79 Å². The number of benzene rings is 2. The molecular formula is C20H26N2O3. The van der Waals surface area contributed by atoms with E-state index in [0.29, 0.717) is 38.3 Å². The summed E-state index contributed by atoms with van der Waals surface area (Å²) in [5.41, 5.74) is 7.08. The monoisotopic (exact) mass is 342 g/mol. The lowest BCUT2D eigenvalue weighted by Gasteiger charge is -2.13. The van der Waals surface area contributed by atoms with Crippen molar-refractivity contribution in [2.75, 3.05) is 19.8 Å². The number of carbonyl (C=O) groups is 1.